The third-order valence-corrected chi connectivity index (χ3v) is 4.08. The zero-order chi connectivity index (χ0) is 14.8. The number of benzene rings is 1. The van der Waals surface area contributed by atoms with E-state index in [2.05, 4.69) is 16.0 Å². The fourth-order valence-corrected chi connectivity index (χ4v) is 2.89. The molecule has 7 heteroatoms. The molecule has 0 unspecified atom stereocenters. The maximum atomic E-state index is 11.4. The molecule has 1 aromatic carbocycles. The first-order valence-corrected chi connectivity index (χ1v) is 7.19. The van der Waals surface area contributed by atoms with Crippen LogP contribution in [-0.2, 0) is 11.2 Å². The second-order valence-corrected chi connectivity index (χ2v) is 5.58. The number of carbonyl (C=O) groups excluding carboxylic acids is 1. The minimum Gasteiger partial charge on any atom is -0.379 e. The molecule has 7 nitrogen and oxygen atoms in total. The van der Waals surface area contributed by atoms with Gasteiger partial charge in [0.2, 0.25) is 5.91 Å². The highest BCUT2D eigenvalue weighted by atomic mass is 16.6. The van der Waals surface area contributed by atoms with Crippen molar-refractivity contribution in [1.82, 2.24) is 5.32 Å². The van der Waals surface area contributed by atoms with Crippen LogP contribution in [0.15, 0.2) is 12.1 Å². The van der Waals surface area contributed by atoms with Gasteiger partial charge in [0.25, 0.3) is 5.69 Å². The van der Waals surface area contributed by atoms with E-state index in [1.807, 2.05) is 0 Å². The molecule has 0 radical (unpaired) electrons. The fraction of sp³-hybridized carbons (Fsp3) is 0.500. The smallest absolute Gasteiger partial charge is 0.292 e. The second kappa shape index (κ2) is 5.69. The Morgan fingerprint density at radius 3 is 2.81 bits per heavy atom. The van der Waals surface area contributed by atoms with Crippen molar-refractivity contribution in [2.75, 3.05) is 30.3 Å². The summed E-state index contributed by atoms with van der Waals surface area (Å²) < 4.78 is 0. The van der Waals surface area contributed by atoms with E-state index in [1.165, 1.54) is 6.07 Å². The van der Waals surface area contributed by atoms with Gasteiger partial charge in [-0.15, -0.1) is 0 Å². The van der Waals surface area contributed by atoms with Gasteiger partial charge >= 0.3 is 0 Å². The predicted octanol–water partition coefficient (Wildman–Crippen LogP) is 1.50. The molecule has 1 fully saturated rings. The molecule has 0 bridgehead atoms. The number of amides is 1. The molecular weight excluding hydrogens is 272 g/mol. The van der Waals surface area contributed by atoms with Crippen LogP contribution in [0.1, 0.15) is 18.4 Å². The average molecular weight is 290 g/mol. The second-order valence-electron chi connectivity index (χ2n) is 5.58. The summed E-state index contributed by atoms with van der Waals surface area (Å²) >= 11 is 0. The Labute approximate surface area is 122 Å². The van der Waals surface area contributed by atoms with Crippen LogP contribution in [0.2, 0.25) is 0 Å². The number of hydrogen-bond acceptors (Lipinski definition) is 5. The lowest BCUT2D eigenvalue weighted by molar-refractivity contribution is -0.384. The lowest BCUT2D eigenvalue weighted by Gasteiger charge is -2.23. The Balaban J connectivity index is 1.78. The van der Waals surface area contributed by atoms with E-state index in [0.717, 1.165) is 32.5 Å². The van der Waals surface area contributed by atoms with E-state index in [9.17, 15) is 14.9 Å². The number of nitrogens with one attached hydrogen (secondary N) is 3. The number of nitrogens with zero attached hydrogens (tertiary/aromatic N) is 1. The van der Waals surface area contributed by atoms with Gasteiger partial charge in [-0.25, -0.2) is 0 Å². The van der Waals surface area contributed by atoms with Crippen molar-refractivity contribution >= 4 is 23.0 Å². The topological polar surface area (TPSA) is 96.3 Å². The zero-order valence-corrected chi connectivity index (χ0v) is 11.6. The zero-order valence-electron chi connectivity index (χ0n) is 11.6. The highest BCUT2D eigenvalue weighted by molar-refractivity contribution is 6.00. The molecule has 3 rings (SSSR count). The molecule has 2 aliphatic rings. The molecule has 1 amide bonds. The van der Waals surface area contributed by atoms with Crippen LogP contribution >= 0.6 is 0 Å². The molecule has 0 aliphatic carbocycles. The molecule has 3 N–H and O–H groups in total. The number of nitro benzene ring substituents is 1. The van der Waals surface area contributed by atoms with E-state index in [-0.39, 0.29) is 18.0 Å². The molecule has 0 atom stereocenters. The molecule has 0 saturated carbocycles. The molecule has 2 heterocycles. The number of rotatable bonds is 4. The molecule has 112 valence electrons. The lowest BCUT2D eigenvalue weighted by Crippen LogP contribution is -2.31. The summed E-state index contributed by atoms with van der Waals surface area (Å²) in [6.07, 6.45) is 2.36. The van der Waals surface area contributed by atoms with Crippen LogP contribution in [0.4, 0.5) is 17.1 Å². The van der Waals surface area contributed by atoms with Gasteiger partial charge in [0, 0.05) is 18.3 Å². The van der Waals surface area contributed by atoms with Crippen LogP contribution in [0.25, 0.3) is 0 Å². The minimum atomic E-state index is -0.395. The normalized spacial score (nSPS) is 18.2. The van der Waals surface area contributed by atoms with E-state index in [1.54, 1.807) is 6.07 Å². The Morgan fingerprint density at radius 2 is 2.10 bits per heavy atom. The lowest BCUT2D eigenvalue weighted by atomic mass is 9.98. The van der Waals surface area contributed by atoms with Gasteiger partial charge in [0.1, 0.15) is 5.69 Å². The number of nitro groups is 1. The van der Waals surface area contributed by atoms with Crippen molar-refractivity contribution in [3.8, 4) is 0 Å². The predicted molar refractivity (Wildman–Crippen MR) is 79.5 cm³/mol. The number of hydrogen-bond donors (Lipinski definition) is 3. The monoisotopic (exact) mass is 290 g/mol. The Bertz CT molecular complexity index is 582. The molecule has 21 heavy (non-hydrogen) atoms. The quantitative estimate of drug-likeness (QED) is 0.577. The number of carbonyl (C=O) groups is 1. The third-order valence-electron chi connectivity index (χ3n) is 4.08. The maximum Gasteiger partial charge on any atom is 0.292 e. The van der Waals surface area contributed by atoms with Gasteiger partial charge in [0.15, 0.2) is 0 Å². The summed E-state index contributed by atoms with van der Waals surface area (Å²) in [5.74, 6) is 0.406. The van der Waals surface area contributed by atoms with Crippen LogP contribution in [0.3, 0.4) is 0 Å². The maximum absolute atomic E-state index is 11.4. The summed E-state index contributed by atoms with van der Waals surface area (Å²) in [6, 6.07) is 3.18. The summed E-state index contributed by atoms with van der Waals surface area (Å²) in [4.78, 5) is 22.2. The highest BCUT2D eigenvalue weighted by Crippen LogP contribution is 2.34. The first-order chi connectivity index (χ1) is 10.1. The van der Waals surface area contributed by atoms with Gasteiger partial charge in [-0.1, -0.05) is 0 Å². The van der Waals surface area contributed by atoms with Crippen LogP contribution in [0.5, 0.6) is 0 Å². The Kier molecular flexibility index (Phi) is 3.74. The molecule has 1 aromatic rings. The van der Waals surface area contributed by atoms with Gasteiger partial charge in [-0.2, -0.15) is 0 Å². The van der Waals surface area contributed by atoms with Crippen LogP contribution in [-0.4, -0.2) is 30.5 Å². The Hall–Kier alpha value is -2.15. The number of anilines is 2. The summed E-state index contributed by atoms with van der Waals surface area (Å²) in [5.41, 5.74) is 1.90. The van der Waals surface area contributed by atoms with Crippen LogP contribution in [0, 0.1) is 16.0 Å². The van der Waals surface area contributed by atoms with Gasteiger partial charge in [0.05, 0.1) is 11.3 Å². The van der Waals surface area contributed by atoms with Crippen molar-refractivity contribution in [3.63, 3.8) is 0 Å². The van der Waals surface area contributed by atoms with Crippen molar-refractivity contribution in [1.29, 1.82) is 0 Å². The SMILES string of the molecule is O=C1Cc2cc([N+](=O)[O-])c(NCC3CCNCC3)cc2N1. The average Bonchev–Trinajstić information content (AvgIpc) is 2.84. The minimum absolute atomic E-state index is 0.0409. The van der Waals surface area contributed by atoms with E-state index in [4.69, 9.17) is 0 Å². The molecule has 0 aromatic heterocycles. The van der Waals surface area contributed by atoms with E-state index < -0.39 is 4.92 Å². The summed E-state index contributed by atoms with van der Waals surface area (Å²) in [6.45, 7) is 2.71. The first kappa shape index (κ1) is 13.8. The molecule has 0 spiro atoms. The number of piperidine rings is 1. The molecular formula is C14H18N4O3. The standard InChI is InChI=1S/C14H18N4O3/c19-14-6-10-5-13(18(20)21)12(7-11(10)17-14)16-8-9-1-3-15-4-2-9/h5,7,9,15-16H,1-4,6,8H2,(H,17,19). The molecule has 1 saturated heterocycles. The van der Waals surface area contributed by atoms with Crippen molar-refractivity contribution in [2.24, 2.45) is 5.92 Å². The van der Waals surface area contributed by atoms with E-state index in [0.29, 0.717) is 22.9 Å². The third kappa shape index (κ3) is 2.97. The van der Waals surface area contributed by atoms with Crippen molar-refractivity contribution < 1.29 is 9.72 Å². The van der Waals surface area contributed by atoms with Gasteiger partial charge < -0.3 is 16.0 Å². The van der Waals surface area contributed by atoms with Crippen molar-refractivity contribution in [2.45, 2.75) is 19.3 Å². The van der Waals surface area contributed by atoms with Crippen molar-refractivity contribution in [3.05, 3.63) is 27.8 Å². The summed E-state index contributed by atoms with van der Waals surface area (Å²) in [7, 11) is 0. The molecule has 2 aliphatic heterocycles. The number of fused-ring (bicyclic) bond motifs is 1. The largest absolute Gasteiger partial charge is 0.379 e. The van der Waals surface area contributed by atoms with Crippen LogP contribution < -0.4 is 16.0 Å². The van der Waals surface area contributed by atoms with E-state index >= 15 is 0 Å². The Morgan fingerprint density at radius 1 is 1.33 bits per heavy atom. The fourth-order valence-electron chi connectivity index (χ4n) is 2.89. The van der Waals surface area contributed by atoms with Gasteiger partial charge in [-0.05, 0) is 43.5 Å². The summed E-state index contributed by atoms with van der Waals surface area (Å²) in [5, 5.41) is 20.4. The highest BCUT2D eigenvalue weighted by Gasteiger charge is 2.25. The van der Waals surface area contributed by atoms with Gasteiger partial charge in [-0.3, -0.25) is 14.9 Å². The first-order valence-electron chi connectivity index (χ1n) is 7.19.